The topological polar surface area (TPSA) is 60.9 Å². The fourth-order valence-electron chi connectivity index (χ4n) is 4.66. The number of hydrogen-bond acceptors (Lipinski definition) is 4. The second-order valence-corrected chi connectivity index (χ2v) is 10.9. The highest BCUT2D eigenvalue weighted by atomic mass is 35.5. The number of amides is 1. The van der Waals surface area contributed by atoms with E-state index in [1.54, 1.807) is 35.2 Å². The molecule has 2 aliphatic rings. The van der Waals surface area contributed by atoms with Gasteiger partial charge in [-0.05, 0) is 49.2 Å². The van der Waals surface area contributed by atoms with Crippen LogP contribution >= 0.6 is 11.6 Å². The Morgan fingerprint density at radius 1 is 0.970 bits per heavy atom. The van der Waals surface area contributed by atoms with E-state index in [0.717, 1.165) is 32.1 Å². The molecule has 6 nitrogen and oxygen atoms in total. The van der Waals surface area contributed by atoms with Crippen LogP contribution in [-0.4, -0.2) is 62.3 Å². The molecule has 0 bridgehead atoms. The lowest BCUT2D eigenvalue weighted by Crippen LogP contribution is -2.53. The summed E-state index contributed by atoms with van der Waals surface area (Å²) < 4.78 is 42.5. The van der Waals surface area contributed by atoms with E-state index in [1.165, 1.54) is 22.5 Å². The molecule has 2 fully saturated rings. The van der Waals surface area contributed by atoms with E-state index in [2.05, 4.69) is 0 Å². The Labute approximate surface area is 200 Å². The van der Waals surface area contributed by atoms with Gasteiger partial charge in [0.2, 0.25) is 15.9 Å². The summed E-state index contributed by atoms with van der Waals surface area (Å²) in [6, 6.07) is 12.5. The van der Waals surface area contributed by atoms with E-state index in [9.17, 15) is 17.6 Å². The fraction of sp³-hybridized carbons (Fsp3) is 0.458. The van der Waals surface area contributed by atoms with Gasteiger partial charge in [0.05, 0.1) is 17.1 Å². The van der Waals surface area contributed by atoms with Crippen molar-refractivity contribution < 1.29 is 17.6 Å². The number of rotatable bonds is 6. The second kappa shape index (κ2) is 10.4. The molecule has 9 heteroatoms. The first kappa shape index (κ1) is 24.0. The molecule has 1 heterocycles. The maximum absolute atomic E-state index is 14.1. The van der Waals surface area contributed by atoms with E-state index in [4.69, 9.17) is 11.6 Å². The van der Waals surface area contributed by atoms with Gasteiger partial charge >= 0.3 is 0 Å². The molecule has 2 aromatic carbocycles. The third-order valence-electron chi connectivity index (χ3n) is 6.52. The highest BCUT2D eigenvalue weighted by molar-refractivity contribution is 7.89. The maximum atomic E-state index is 14.1. The number of anilines is 1. The summed E-state index contributed by atoms with van der Waals surface area (Å²) in [6.45, 7) is 1.66. The molecule has 1 amide bonds. The lowest BCUT2D eigenvalue weighted by Gasteiger charge is -2.38. The molecule has 0 radical (unpaired) electrons. The van der Waals surface area contributed by atoms with Crippen molar-refractivity contribution in [2.45, 2.75) is 43.0 Å². The van der Waals surface area contributed by atoms with Crippen LogP contribution in [0.4, 0.5) is 10.1 Å². The van der Waals surface area contributed by atoms with Crippen LogP contribution in [0, 0.1) is 5.82 Å². The van der Waals surface area contributed by atoms with E-state index < -0.39 is 10.0 Å². The molecule has 33 heavy (non-hydrogen) atoms. The van der Waals surface area contributed by atoms with Gasteiger partial charge in [0.25, 0.3) is 0 Å². The van der Waals surface area contributed by atoms with Crippen LogP contribution in [0.15, 0.2) is 53.4 Å². The minimum Gasteiger partial charge on any atom is -0.366 e. The van der Waals surface area contributed by atoms with Gasteiger partial charge in [0.15, 0.2) is 0 Å². The van der Waals surface area contributed by atoms with Crippen LogP contribution in [0.5, 0.6) is 0 Å². The number of carbonyl (C=O) groups is 1. The number of hydrogen-bond donors (Lipinski definition) is 0. The van der Waals surface area contributed by atoms with Gasteiger partial charge in [-0.25, -0.2) is 12.8 Å². The van der Waals surface area contributed by atoms with Crippen LogP contribution in [0.2, 0.25) is 5.02 Å². The first-order valence-electron chi connectivity index (χ1n) is 11.4. The lowest BCUT2D eigenvalue weighted by molar-refractivity contribution is -0.132. The Morgan fingerprint density at radius 3 is 2.24 bits per heavy atom. The van der Waals surface area contributed by atoms with Gasteiger partial charge in [-0.1, -0.05) is 43.0 Å². The molecule has 1 aliphatic heterocycles. The largest absolute Gasteiger partial charge is 0.366 e. The van der Waals surface area contributed by atoms with Crippen molar-refractivity contribution >= 4 is 33.2 Å². The number of carbonyl (C=O) groups excluding carboxylic acids is 1. The summed E-state index contributed by atoms with van der Waals surface area (Å²) in [4.78, 5) is 17.0. The number of sulfonamides is 1. The lowest BCUT2D eigenvalue weighted by atomic mass is 9.95. The molecule has 0 N–H and O–H groups in total. The van der Waals surface area contributed by atoms with Gasteiger partial charge in [-0.2, -0.15) is 4.31 Å². The average Bonchev–Trinajstić information content (AvgIpc) is 2.83. The van der Waals surface area contributed by atoms with Crippen molar-refractivity contribution in [2.75, 3.05) is 37.6 Å². The van der Waals surface area contributed by atoms with Crippen molar-refractivity contribution in [2.24, 2.45) is 0 Å². The summed E-state index contributed by atoms with van der Waals surface area (Å²) >= 11 is 5.95. The standard InChI is InChI=1S/C24H29ClFN3O3S/c25-19-10-12-21(13-11-19)33(31,32)29(20-6-2-1-3-7-20)18-24(30)28-16-14-27(15-17-28)23-9-5-4-8-22(23)26/h4-5,8-13,20H,1-3,6-7,14-18H2. The third-order valence-corrected chi connectivity index (χ3v) is 8.68. The number of para-hydroxylation sites is 1. The van der Waals surface area contributed by atoms with E-state index >= 15 is 0 Å². The van der Waals surface area contributed by atoms with E-state index in [1.807, 2.05) is 4.90 Å². The minimum atomic E-state index is -3.84. The first-order valence-corrected chi connectivity index (χ1v) is 13.2. The van der Waals surface area contributed by atoms with Crippen LogP contribution in [0.1, 0.15) is 32.1 Å². The maximum Gasteiger partial charge on any atom is 0.243 e. The second-order valence-electron chi connectivity index (χ2n) is 8.62. The summed E-state index contributed by atoms with van der Waals surface area (Å²) in [5.74, 6) is -0.499. The Bertz CT molecular complexity index is 1070. The zero-order valence-corrected chi connectivity index (χ0v) is 20.1. The van der Waals surface area contributed by atoms with Crippen molar-refractivity contribution in [1.82, 2.24) is 9.21 Å². The molecule has 0 unspecified atom stereocenters. The van der Waals surface area contributed by atoms with Gasteiger partial charge in [0, 0.05) is 37.2 Å². The molecule has 2 aromatic rings. The zero-order valence-electron chi connectivity index (χ0n) is 18.5. The number of piperazine rings is 1. The minimum absolute atomic E-state index is 0.148. The average molecular weight is 494 g/mol. The van der Waals surface area contributed by atoms with Crippen molar-refractivity contribution in [1.29, 1.82) is 0 Å². The molecule has 0 atom stereocenters. The Hall–Kier alpha value is -2.16. The van der Waals surface area contributed by atoms with Gasteiger partial charge in [-0.15, -0.1) is 0 Å². The number of nitrogens with zero attached hydrogens (tertiary/aromatic N) is 3. The first-order chi connectivity index (χ1) is 15.9. The zero-order chi connectivity index (χ0) is 23.4. The Balaban J connectivity index is 1.48. The number of benzene rings is 2. The highest BCUT2D eigenvalue weighted by Gasteiger charge is 2.35. The van der Waals surface area contributed by atoms with Crippen LogP contribution < -0.4 is 4.90 Å². The van der Waals surface area contributed by atoms with E-state index in [-0.39, 0.29) is 29.2 Å². The molecule has 1 saturated carbocycles. The predicted molar refractivity (Wildman–Crippen MR) is 127 cm³/mol. The molecular formula is C24H29ClFN3O3S. The smallest absolute Gasteiger partial charge is 0.243 e. The highest BCUT2D eigenvalue weighted by Crippen LogP contribution is 2.29. The van der Waals surface area contributed by atoms with Crippen LogP contribution in [0.25, 0.3) is 0 Å². The molecule has 1 aliphatic carbocycles. The molecular weight excluding hydrogens is 465 g/mol. The summed E-state index contributed by atoms with van der Waals surface area (Å²) in [5.41, 5.74) is 0.527. The molecule has 4 rings (SSSR count). The van der Waals surface area contributed by atoms with Crippen LogP contribution in [-0.2, 0) is 14.8 Å². The Morgan fingerprint density at radius 2 is 1.61 bits per heavy atom. The quantitative estimate of drug-likeness (QED) is 0.606. The summed E-state index contributed by atoms with van der Waals surface area (Å²) in [5, 5.41) is 0.460. The van der Waals surface area contributed by atoms with Crippen molar-refractivity contribution in [3.05, 3.63) is 59.4 Å². The molecule has 0 aromatic heterocycles. The number of halogens is 2. The van der Waals surface area contributed by atoms with E-state index in [0.29, 0.717) is 36.9 Å². The van der Waals surface area contributed by atoms with Crippen molar-refractivity contribution in [3.63, 3.8) is 0 Å². The van der Waals surface area contributed by atoms with Gasteiger partial charge in [-0.3, -0.25) is 4.79 Å². The van der Waals surface area contributed by atoms with Gasteiger partial charge in [0.1, 0.15) is 5.82 Å². The molecule has 1 saturated heterocycles. The SMILES string of the molecule is O=C(CN(C1CCCCC1)S(=O)(=O)c1ccc(Cl)cc1)N1CCN(c2ccccc2F)CC1. The summed E-state index contributed by atoms with van der Waals surface area (Å²) in [7, 11) is -3.84. The Kier molecular flexibility index (Phi) is 7.56. The normalized spacial score (nSPS) is 18.0. The van der Waals surface area contributed by atoms with Crippen molar-refractivity contribution in [3.8, 4) is 0 Å². The fourth-order valence-corrected chi connectivity index (χ4v) is 6.42. The van der Waals surface area contributed by atoms with Crippen LogP contribution in [0.3, 0.4) is 0 Å². The van der Waals surface area contributed by atoms with Gasteiger partial charge < -0.3 is 9.80 Å². The molecule has 178 valence electrons. The monoisotopic (exact) mass is 493 g/mol. The molecule has 0 spiro atoms. The summed E-state index contributed by atoms with van der Waals surface area (Å²) in [6.07, 6.45) is 4.49. The third kappa shape index (κ3) is 5.50. The predicted octanol–water partition coefficient (Wildman–Crippen LogP) is 4.15.